The molecule has 0 radical (unpaired) electrons. The van der Waals surface area contributed by atoms with Crippen molar-refractivity contribution in [3.8, 4) is 0 Å². The summed E-state index contributed by atoms with van der Waals surface area (Å²) in [7, 11) is 0. The largest absolute Gasteiger partial charge is 0.465 e. The standard InChI is InChI=1S/C14H18FNO4S/c1-2-3-8-20-14(17)10-21-13(9-16(18)19)11-6-4-5-7-12(11)15/h4-7,13H,2-3,8-10H2,1H3. The van der Waals surface area contributed by atoms with E-state index in [-0.39, 0.29) is 11.3 Å². The van der Waals surface area contributed by atoms with E-state index in [2.05, 4.69) is 0 Å². The summed E-state index contributed by atoms with van der Waals surface area (Å²) in [6, 6.07) is 5.89. The zero-order valence-electron chi connectivity index (χ0n) is 11.8. The van der Waals surface area contributed by atoms with E-state index in [1.54, 1.807) is 6.07 Å². The normalized spacial score (nSPS) is 11.9. The predicted molar refractivity (Wildman–Crippen MR) is 79.3 cm³/mol. The first-order valence-corrected chi connectivity index (χ1v) is 7.73. The van der Waals surface area contributed by atoms with Crippen molar-refractivity contribution < 1.29 is 18.8 Å². The molecular weight excluding hydrogens is 297 g/mol. The molecule has 0 N–H and O–H groups in total. The number of esters is 1. The monoisotopic (exact) mass is 315 g/mol. The summed E-state index contributed by atoms with van der Waals surface area (Å²) in [6.45, 7) is 1.89. The lowest BCUT2D eigenvalue weighted by Gasteiger charge is -2.13. The zero-order chi connectivity index (χ0) is 15.7. The first-order valence-electron chi connectivity index (χ1n) is 6.68. The predicted octanol–water partition coefficient (Wildman–Crippen LogP) is 3.22. The molecule has 0 aliphatic heterocycles. The molecule has 0 saturated carbocycles. The molecule has 0 aliphatic rings. The maximum atomic E-state index is 13.7. The summed E-state index contributed by atoms with van der Waals surface area (Å²) in [5.41, 5.74) is 0.237. The van der Waals surface area contributed by atoms with Gasteiger partial charge in [0.1, 0.15) is 5.82 Å². The van der Waals surface area contributed by atoms with Crippen molar-refractivity contribution in [2.24, 2.45) is 0 Å². The van der Waals surface area contributed by atoms with Gasteiger partial charge >= 0.3 is 5.97 Å². The van der Waals surface area contributed by atoms with Crippen LogP contribution in [0, 0.1) is 15.9 Å². The fraction of sp³-hybridized carbons (Fsp3) is 0.500. The lowest BCUT2D eigenvalue weighted by atomic mass is 10.1. The van der Waals surface area contributed by atoms with Crippen molar-refractivity contribution in [3.63, 3.8) is 0 Å². The quantitative estimate of drug-likeness (QED) is 0.303. The minimum absolute atomic E-state index is 0.0312. The maximum absolute atomic E-state index is 13.7. The third-order valence-electron chi connectivity index (χ3n) is 2.73. The number of rotatable bonds is 9. The Morgan fingerprint density at radius 1 is 1.48 bits per heavy atom. The highest BCUT2D eigenvalue weighted by Gasteiger charge is 2.22. The van der Waals surface area contributed by atoms with Gasteiger partial charge in [-0.2, -0.15) is 0 Å². The maximum Gasteiger partial charge on any atom is 0.315 e. The van der Waals surface area contributed by atoms with E-state index in [4.69, 9.17) is 4.74 Å². The molecule has 1 aromatic rings. The van der Waals surface area contributed by atoms with Crippen LogP contribution in [0.15, 0.2) is 24.3 Å². The van der Waals surface area contributed by atoms with Gasteiger partial charge in [0.15, 0.2) is 0 Å². The van der Waals surface area contributed by atoms with Gasteiger partial charge in [-0.25, -0.2) is 4.39 Å². The van der Waals surface area contributed by atoms with Crippen molar-refractivity contribution in [2.45, 2.75) is 25.0 Å². The van der Waals surface area contributed by atoms with Crippen molar-refractivity contribution in [2.75, 3.05) is 18.9 Å². The number of unbranched alkanes of at least 4 members (excludes halogenated alkanes) is 1. The molecule has 1 aromatic carbocycles. The number of hydrogen-bond acceptors (Lipinski definition) is 5. The Kier molecular flexibility index (Phi) is 7.74. The number of halogens is 1. The molecule has 7 heteroatoms. The van der Waals surface area contributed by atoms with Crippen molar-refractivity contribution in [1.29, 1.82) is 0 Å². The molecule has 0 bridgehead atoms. The Morgan fingerprint density at radius 2 is 2.19 bits per heavy atom. The summed E-state index contributed by atoms with van der Waals surface area (Å²) >= 11 is 1.03. The fourth-order valence-corrected chi connectivity index (χ4v) is 2.67. The molecular formula is C14H18FNO4S. The third kappa shape index (κ3) is 6.57. The van der Waals surface area contributed by atoms with E-state index in [9.17, 15) is 19.3 Å². The minimum Gasteiger partial charge on any atom is -0.465 e. The van der Waals surface area contributed by atoms with E-state index in [1.165, 1.54) is 18.2 Å². The number of nitrogens with zero attached hydrogens (tertiary/aromatic N) is 1. The molecule has 21 heavy (non-hydrogen) atoms. The van der Waals surface area contributed by atoms with E-state index in [0.29, 0.717) is 6.61 Å². The van der Waals surface area contributed by atoms with Gasteiger partial charge < -0.3 is 4.74 Å². The minimum atomic E-state index is -0.708. The highest BCUT2D eigenvalue weighted by atomic mass is 32.2. The van der Waals surface area contributed by atoms with Gasteiger partial charge in [0.2, 0.25) is 6.54 Å². The van der Waals surface area contributed by atoms with E-state index in [0.717, 1.165) is 24.6 Å². The van der Waals surface area contributed by atoms with E-state index >= 15 is 0 Å². The Labute approximate surface area is 127 Å². The number of hydrogen-bond donors (Lipinski definition) is 0. The van der Waals surface area contributed by atoms with Crippen LogP contribution in [0.1, 0.15) is 30.6 Å². The Balaban J connectivity index is 2.61. The molecule has 0 aliphatic carbocycles. The molecule has 0 fully saturated rings. The second-order valence-electron chi connectivity index (χ2n) is 4.41. The van der Waals surface area contributed by atoms with Gasteiger partial charge in [-0.05, 0) is 12.5 Å². The van der Waals surface area contributed by atoms with Crippen molar-refractivity contribution >= 4 is 17.7 Å². The van der Waals surface area contributed by atoms with Crippen LogP contribution in [0.4, 0.5) is 4.39 Å². The van der Waals surface area contributed by atoms with Gasteiger partial charge in [0.05, 0.1) is 17.6 Å². The molecule has 116 valence electrons. The highest BCUT2D eigenvalue weighted by molar-refractivity contribution is 8.00. The number of carbonyl (C=O) groups excluding carboxylic acids is 1. The number of ether oxygens (including phenoxy) is 1. The molecule has 0 saturated heterocycles. The molecule has 1 unspecified atom stereocenters. The zero-order valence-corrected chi connectivity index (χ0v) is 12.6. The van der Waals surface area contributed by atoms with E-state index < -0.39 is 28.5 Å². The van der Waals surface area contributed by atoms with Crippen LogP contribution in [0.25, 0.3) is 0 Å². The highest BCUT2D eigenvalue weighted by Crippen LogP contribution is 2.30. The summed E-state index contributed by atoms with van der Waals surface area (Å²) in [5, 5.41) is 10.00. The Bertz CT molecular complexity index is 484. The average molecular weight is 315 g/mol. The van der Waals surface area contributed by atoms with E-state index in [1.807, 2.05) is 6.92 Å². The van der Waals surface area contributed by atoms with Crippen LogP contribution in [-0.4, -0.2) is 29.8 Å². The first kappa shape index (κ1) is 17.4. The lowest BCUT2D eigenvalue weighted by molar-refractivity contribution is -0.479. The summed E-state index contributed by atoms with van der Waals surface area (Å²) < 4.78 is 18.7. The average Bonchev–Trinajstić information content (AvgIpc) is 2.44. The van der Waals surface area contributed by atoms with Gasteiger partial charge in [0, 0.05) is 10.5 Å². The van der Waals surface area contributed by atoms with Crippen molar-refractivity contribution in [1.82, 2.24) is 0 Å². The third-order valence-corrected chi connectivity index (χ3v) is 3.94. The number of thioether (sulfide) groups is 1. The SMILES string of the molecule is CCCCOC(=O)CSC(C[N+](=O)[O-])c1ccccc1F. The molecule has 5 nitrogen and oxygen atoms in total. The smallest absolute Gasteiger partial charge is 0.315 e. The second kappa shape index (κ2) is 9.33. The van der Waals surface area contributed by atoms with Crippen LogP contribution in [0.5, 0.6) is 0 Å². The van der Waals surface area contributed by atoms with Gasteiger partial charge in [-0.3, -0.25) is 14.9 Å². The van der Waals surface area contributed by atoms with Crippen LogP contribution in [0.2, 0.25) is 0 Å². The summed E-state index contributed by atoms with van der Waals surface area (Å²) in [4.78, 5) is 21.7. The van der Waals surface area contributed by atoms with Gasteiger partial charge in [-0.1, -0.05) is 31.5 Å². The second-order valence-corrected chi connectivity index (χ2v) is 5.60. The molecule has 1 rings (SSSR count). The molecule has 0 heterocycles. The topological polar surface area (TPSA) is 69.4 Å². The molecule has 1 atom stereocenters. The van der Waals surface area contributed by atoms with Gasteiger partial charge in [-0.15, -0.1) is 11.8 Å². The number of nitro groups is 1. The van der Waals surface area contributed by atoms with Crippen LogP contribution in [0.3, 0.4) is 0 Å². The number of benzene rings is 1. The summed E-state index contributed by atoms with van der Waals surface area (Å²) in [6.07, 6.45) is 1.70. The van der Waals surface area contributed by atoms with Crippen molar-refractivity contribution in [3.05, 3.63) is 45.8 Å². The Hall–Kier alpha value is -1.63. The first-order chi connectivity index (χ1) is 10.0. The summed E-state index contributed by atoms with van der Waals surface area (Å²) in [5.74, 6) is -0.967. The van der Waals surface area contributed by atoms with Crippen LogP contribution in [-0.2, 0) is 9.53 Å². The lowest BCUT2D eigenvalue weighted by Crippen LogP contribution is -2.15. The fourth-order valence-electron chi connectivity index (χ4n) is 1.65. The van der Waals surface area contributed by atoms with Gasteiger partial charge in [0.25, 0.3) is 0 Å². The van der Waals surface area contributed by atoms with Crippen LogP contribution >= 0.6 is 11.8 Å². The molecule has 0 aromatic heterocycles. The number of carbonyl (C=O) groups is 1. The molecule has 0 amide bonds. The van der Waals surface area contributed by atoms with Crippen LogP contribution < -0.4 is 0 Å². The Morgan fingerprint density at radius 3 is 2.81 bits per heavy atom. The molecule has 0 spiro atoms.